The van der Waals surface area contributed by atoms with Crippen LogP contribution in [0.3, 0.4) is 0 Å². The minimum Gasteiger partial charge on any atom is -0.462 e. The summed E-state index contributed by atoms with van der Waals surface area (Å²) in [6.45, 7) is 6.45. The number of hydrogen-bond donors (Lipinski definition) is 0. The van der Waals surface area contributed by atoms with Crippen LogP contribution in [0.1, 0.15) is 335 Å². The van der Waals surface area contributed by atoms with Crippen molar-refractivity contribution in [2.45, 2.75) is 341 Å². The summed E-state index contributed by atoms with van der Waals surface area (Å²) >= 11 is 0. The standard InChI is InChI=1S/C72H126O6/c1-4-7-10-13-16-19-22-25-26-27-28-29-30-31-32-33-34-35-36-37-38-39-40-41-42-43-44-45-46-48-50-53-56-59-62-65-71(74)77-68-69(67-76-70(73)64-61-58-55-52-49-24-21-18-15-12-9-6-3)78-72(75)66-63-60-57-54-51-47-23-20-17-14-11-8-5-2/h7,10-11,14,16,18-21,23,25-26,28-29,69H,4-6,8-9,12-13,15,17,22,24,27,30-68H2,1-3H3/b10-7-,14-11-,19-16-,21-18-,23-20-,26-25-,29-28-. The molecule has 0 saturated carbocycles. The predicted octanol–water partition coefficient (Wildman–Crippen LogP) is 23.1. The fourth-order valence-electron chi connectivity index (χ4n) is 9.59. The second-order valence-corrected chi connectivity index (χ2v) is 22.3. The van der Waals surface area contributed by atoms with Crippen molar-refractivity contribution < 1.29 is 28.6 Å². The maximum Gasteiger partial charge on any atom is 0.306 e. The van der Waals surface area contributed by atoms with E-state index in [2.05, 4.69) is 106 Å². The molecular weight excluding hydrogens is 961 g/mol. The Labute approximate surface area is 484 Å². The Balaban J connectivity index is 4.04. The van der Waals surface area contributed by atoms with Gasteiger partial charge in [-0.3, -0.25) is 14.4 Å². The van der Waals surface area contributed by atoms with Gasteiger partial charge in [0.15, 0.2) is 6.10 Å². The third-order valence-corrected chi connectivity index (χ3v) is 14.6. The number of carbonyl (C=O) groups excluding carboxylic acids is 3. The number of carbonyl (C=O) groups is 3. The maximum absolute atomic E-state index is 12.8. The topological polar surface area (TPSA) is 78.9 Å². The first-order chi connectivity index (χ1) is 38.5. The lowest BCUT2D eigenvalue weighted by Crippen LogP contribution is -2.30. The van der Waals surface area contributed by atoms with E-state index in [1.807, 2.05) is 0 Å². The minimum absolute atomic E-state index is 0.0807. The molecule has 0 heterocycles. The molecule has 0 aromatic rings. The van der Waals surface area contributed by atoms with E-state index in [1.54, 1.807) is 0 Å². The Morgan fingerprint density at radius 2 is 0.526 bits per heavy atom. The third kappa shape index (κ3) is 63.4. The smallest absolute Gasteiger partial charge is 0.306 e. The summed E-state index contributed by atoms with van der Waals surface area (Å²) in [6.07, 6.45) is 87.7. The van der Waals surface area contributed by atoms with Gasteiger partial charge in [0.1, 0.15) is 13.2 Å². The third-order valence-electron chi connectivity index (χ3n) is 14.6. The van der Waals surface area contributed by atoms with E-state index in [0.717, 1.165) is 122 Å². The molecule has 78 heavy (non-hydrogen) atoms. The number of esters is 3. The van der Waals surface area contributed by atoms with Gasteiger partial charge in [0.2, 0.25) is 0 Å². The largest absolute Gasteiger partial charge is 0.462 e. The molecule has 0 amide bonds. The summed E-state index contributed by atoms with van der Waals surface area (Å²) in [5, 5.41) is 0. The van der Waals surface area contributed by atoms with Crippen LogP contribution in [-0.4, -0.2) is 37.2 Å². The molecule has 450 valence electrons. The molecule has 0 spiro atoms. The molecule has 0 saturated heterocycles. The summed E-state index contributed by atoms with van der Waals surface area (Å²) in [5.41, 5.74) is 0. The van der Waals surface area contributed by atoms with Crippen molar-refractivity contribution >= 4 is 17.9 Å². The van der Waals surface area contributed by atoms with Gasteiger partial charge in [-0.05, 0) is 109 Å². The minimum atomic E-state index is -0.784. The van der Waals surface area contributed by atoms with Crippen LogP contribution in [0.5, 0.6) is 0 Å². The summed E-state index contributed by atoms with van der Waals surface area (Å²) in [5.74, 6) is -0.891. The van der Waals surface area contributed by atoms with Gasteiger partial charge in [-0.15, -0.1) is 0 Å². The van der Waals surface area contributed by atoms with Crippen LogP contribution in [0.4, 0.5) is 0 Å². The molecule has 0 fully saturated rings. The summed E-state index contributed by atoms with van der Waals surface area (Å²) in [4.78, 5) is 38.2. The molecule has 0 rings (SSSR count). The lowest BCUT2D eigenvalue weighted by Gasteiger charge is -2.18. The molecule has 0 aliphatic heterocycles. The van der Waals surface area contributed by atoms with Crippen LogP contribution in [0.15, 0.2) is 85.1 Å². The van der Waals surface area contributed by atoms with E-state index in [-0.39, 0.29) is 31.1 Å². The monoisotopic (exact) mass is 1090 g/mol. The van der Waals surface area contributed by atoms with Gasteiger partial charge in [0.25, 0.3) is 0 Å². The first-order valence-corrected chi connectivity index (χ1v) is 33.6. The number of hydrogen-bond acceptors (Lipinski definition) is 6. The number of ether oxygens (including phenoxy) is 3. The van der Waals surface area contributed by atoms with Gasteiger partial charge in [-0.2, -0.15) is 0 Å². The lowest BCUT2D eigenvalue weighted by atomic mass is 10.0. The predicted molar refractivity (Wildman–Crippen MR) is 339 cm³/mol. The van der Waals surface area contributed by atoms with E-state index in [9.17, 15) is 14.4 Å². The maximum atomic E-state index is 12.8. The molecule has 0 aliphatic rings. The summed E-state index contributed by atoms with van der Waals surface area (Å²) < 4.78 is 16.9. The van der Waals surface area contributed by atoms with Gasteiger partial charge in [-0.1, -0.05) is 292 Å². The van der Waals surface area contributed by atoms with E-state index >= 15 is 0 Å². The quantitative estimate of drug-likeness (QED) is 0.0261. The zero-order chi connectivity index (χ0) is 56.4. The molecule has 0 aromatic carbocycles. The molecule has 0 aromatic heterocycles. The fraction of sp³-hybridized carbons (Fsp3) is 0.764. The van der Waals surface area contributed by atoms with Gasteiger partial charge in [0.05, 0.1) is 0 Å². The van der Waals surface area contributed by atoms with Gasteiger partial charge in [0, 0.05) is 19.3 Å². The molecule has 0 aliphatic carbocycles. The molecular formula is C72H126O6. The van der Waals surface area contributed by atoms with Crippen LogP contribution in [0.25, 0.3) is 0 Å². The Hall–Kier alpha value is -3.41. The Kier molecular flexibility index (Phi) is 63.2. The molecule has 6 nitrogen and oxygen atoms in total. The molecule has 1 unspecified atom stereocenters. The highest BCUT2D eigenvalue weighted by Gasteiger charge is 2.19. The molecule has 0 bridgehead atoms. The highest BCUT2D eigenvalue weighted by molar-refractivity contribution is 5.71. The van der Waals surface area contributed by atoms with Crippen molar-refractivity contribution in [2.75, 3.05) is 13.2 Å². The summed E-state index contributed by atoms with van der Waals surface area (Å²) in [7, 11) is 0. The van der Waals surface area contributed by atoms with Gasteiger partial charge < -0.3 is 14.2 Å². The highest BCUT2D eigenvalue weighted by Crippen LogP contribution is 2.17. The zero-order valence-electron chi connectivity index (χ0n) is 51.7. The van der Waals surface area contributed by atoms with Crippen LogP contribution < -0.4 is 0 Å². The van der Waals surface area contributed by atoms with Crippen molar-refractivity contribution in [2.24, 2.45) is 0 Å². The highest BCUT2D eigenvalue weighted by atomic mass is 16.6. The van der Waals surface area contributed by atoms with Crippen molar-refractivity contribution in [3.63, 3.8) is 0 Å². The molecule has 6 heteroatoms. The zero-order valence-corrected chi connectivity index (χ0v) is 51.7. The number of unbranched alkanes of at least 4 members (excludes halogenated alkanes) is 36. The Bertz CT molecular complexity index is 1480. The van der Waals surface area contributed by atoms with E-state index in [1.165, 1.54) is 173 Å². The van der Waals surface area contributed by atoms with Gasteiger partial charge >= 0.3 is 17.9 Å². The fourth-order valence-corrected chi connectivity index (χ4v) is 9.59. The average molecular weight is 1090 g/mol. The normalized spacial score (nSPS) is 12.6. The Morgan fingerprint density at radius 3 is 0.846 bits per heavy atom. The van der Waals surface area contributed by atoms with Crippen molar-refractivity contribution in [3.05, 3.63) is 85.1 Å². The molecule has 0 N–H and O–H groups in total. The lowest BCUT2D eigenvalue weighted by molar-refractivity contribution is -0.167. The number of rotatable bonds is 61. The average Bonchev–Trinajstić information content (AvgIpc) is 3.44. The van der Waals surface area contributed by atoms with Crippen molar-refractivity contribution in [1.29, 1.82) is 0 Å². The Morgan fingerprint density at radius 1 is 0.269 bits per heavy atom. The summed E-state index contributed by atoms with van der Waals surface area (Å²) in [6, 6.07) is 0. The molecule has 1 atom stereocenters. The number of allylic oxidation sites excluding steroid dienone is 14. The van der Waals surface area contributed by atoms with E-state index < -0.39 is 6.10 Å². The van der Waals surface area contributed by atoms with Gasteiger partial charge in [-0.25, -0.2) is 0 Å². The van der Waals surface area contributed by atoms with E-state index in [0.29, 0.717) is 19.3 Å². The van der Waals surface area contributed by atoms with E-state index in [4.69, 9.17) is 14.2 Å². The second-order valence-electron chi connectivity index (χ2n) is 22.3. The SMILES string of the molecule is CC/C=C\C/C=C\C/C=C\C/C=C\CCCCCCCCCCCCCCCCCCCCCCCCC(=O)OCC(COC(=O)CCCCCCC/C=C\CCCCC)OC(=O)CCCCCCC/C=C\C/C=C\CCC. The second kappa shape index (κ2) is 66.1. The van der Waals surface area contributed by atoms with Crippen LogP contribution in [0, 0.1) is 0 Å². The van der Waals surface area contributed by atoms with Crippen LogP contribution in [-0.2, 0) is 28.6 Å². The van der Waals surface area contributed by atoms with Crippen LogP contribution >= 0.6 is 0 Å². The molecule has 0 radical (unpaired) electrons. The van der Waals surface area contributed by atoms with Crippen molar-refractivity contribution in [3.8, 4) is 0 Å². The van der Waals surface area contributed by atoms with Crippen LogP contribution in [0.2, 0.25) is 0 Å². The first kappa shape index (κ1) is 74.6. The van der Waals surface area contributed by atoms with Crippen molar-refractivity contribution in [1.82, 2.24) is 0 Å². The first-order valence-electron chi connectivity index (χ1n) is 33.6.